The third kappa shape index (κ3) is 6.27. The number of hydrogen-bond acceptors (Lipinski definition) is 8. The first-order valence-electron chi connectivity index (χ1n) is 13.0. The summed E-state index contributed by atoms with van der Waals surface area (Å²) in [5.41, 5.74) is 8.32. The highest BCUT2D eigenvalue weighted by Crippen LogP contribution is 2.45. The quantitative estimate of drug-likeness (QED) is 0.235. The number of nitrogens with zero attached hydrogens (tertiary/aromatic N) is 1. The Morgan fingerprint density at radius 2 is 1.72 bits per heavy atom. The highest BCUT2D eigenvalue weighted by atomic mass is 16.5. The van der Waals surface area contributed by atoms with Gasteiger partial charge in [-0.05, 0) is 61.7 Å². The van der Waals surface area contributed by atoms with E-state index in [1.54, 1.807) is 42.5 Å². The zero-order valence-electron chi connectivity index (χ0n) is 22.4. The lowest BCUT2D eigenvalue weighted by Crippen LogP contribution is -2.21. The molecule has 0 spiro atoms. The number of fused-ring (bicyclic) bond motifs is 1. The lowest BCUT2D eigenvalue weighted by atomic mass is 9.83. The molecule has 1 atom stereocenters. The van der Waals surface area contributed by atoms with E-state index in [1.165, 1.54) is 0 Å². The molecule has 1 aliphatic heterocycles. The van der Waals surface area contributed by atoms with E-state index in [0.717, 1.165) is 18.4 Å². The van der Waals surface area contributed by atoms with Crippen molar-refractivity contribution >= 4 is 5.97 Å². The average Bonchev–Trinajstić information content (AvgIpc) is 2.95. The van der Waals surface area contributed by atoms with Crippen LogP contribution in [0.3, 0.4) is 0 Å². The van der Waals surface area contributed by atoms with Crippen LogP contribution in [0.1, 0.15) is 61.0 Å². The van der Waals surface area contributed by atoms with Crippen molar-refractivity contribution < 1.29 is 28.5 Å². The van der Waals surface area contributed by atoms with Gasteiger partial charge in [0.15, 0.2) is 11.5 Å². The molecule has 1 unspecified atom stereocenters. The molecular formula is C31H32N2O6. The van der Waals surface area contributed by atoms with Crippen molar-refractivity contribution in [2.24, 2.45) is 5.73 Å². The Morgan fingerprint density at radius 3 is 2.46 bits per heavy atom. The summed E-state index contributed by atoms with van der Waals surface area (Å²) in [4.78, 5) is 12.8. The molecule has 1 aliphatic rings. The van der Waals surface area contributed by atoms with Crippen molar-refractivity contribution in [2.45, 2.75) is 39.5 Å². The van der Waals surface area contributed by atoms with Crippen molar-refractivity contribution in [2.75, 3.05) is 19.8 Å². The van der Waals surface area contributed by atoms with Crippen LogP contribution in [0.2, 0.25) is 0 Å². The second-order valence-electron chi connectivity index (χ2n) is 8.88. The van der Waals surface area contributed by atoms with E-state index < -0.39 is 11.9 Å². The number of hydrogen-bond donors (Lipinski definition) is 1. The van der Waals surface area contributed by atoms with Crippen LogP contribution in [0.25, 0.3) is 0 Å². The molecule has 0 amide bonds. The maximum atomic E-state index is 12.8. The molecule has 0 saturated carbocycles. The molecule has 8 nitrogen and oxygen atoms in total. The van der Waals surface area contributed by atoms with Crippen LogP contribution >= 0.6 is 0 Å². The van der Waals surface area contributed by atoms with E-state index >= 15 is 0 Å². The maximum absolute atomic E-state index is 12.8. The number of benzene rings is 3. The molecule has 3 aromatic rings. The first kappa shape index (κ1) is 27.4. The van der Waals surface area contributed by atoms with Gasteiger partial charge in [-0.15, -0.1) is 0 Å². The number of rotatable bonds is 11. The summed E-state index contributed by atoms with van der Waals surface area (Å²) in [5.74, 6) is 1.45. The zero-order valence-corrected chi connectivity index (χ0v) is 22.4. The topological polar surface area (TPSA) is 113 Å². The van der Waals surface area contributed by atoms with E-state index in [2.05, 4.69) is 6.07 Å². The molecule has 202 valence electrons. The molecule has 39 heavy (non-hydrogen) atoms. The summed E-state index contributed by atoms with van der Waals surface area (Å²) >= 11 is 0. The Hall–Kier alpha value is -4.64. The lowest BCUT2D eigenvalue weighted by Gasteiger charge is -2.27. The van der Waals surface area contributed by atoms with Crippen LogP contribution in [0.15, 0.2) is 72.1 Å². The van der Waals surface area contributed by atoms with Gasteiger partial charge in [0.1, 0.15) is 28.9 Å². The highest BCUT2D eigenvalue weighted by Gasteiger charge is 2.32. The number of nitriles is 1. The Bertz CT molecular complexity index is 1410. The minimum absolute atomic E-state index is 0.0106. The maximum Gasteiger partial charge on any atom is 0.343 e. The number of ether oxygens (including phenoxy) is 5. The van der Waals surface area contributed by atoms with Crippen LogP contribution in [0, 0.1) is 11.3 Å². The van der Waals surface area contributed by atoms with E-state index in [1.807, 2.05) is 39.0 Å². The van der Waals surface area contributed by atoms with E-state index in [0.29, 0.717) is 53.9 Å². The molecule has 4 rings (SSSR count). The van der Waals surface area contributed by atoms with Crippen molar-refractivity contribution in [1.82, 2.24) is 0 Å². The van der Waals surface area contributed by atoms with Crippen LogP contribution in [-0.2, 0) is 0 Å². The predicted molar refractivity (Wildman–Crippen MR) is 146 cm³/mol. The SMILES string of the molecule is CCCOc1cccc(C(=O)Oc2ccc3c(c2)OC(N)=C(C#N)C3c2ccc(OCCC)c(OCC)c2)c1. The fraction of sp³-hybridized carbons (Fsp3) is 0.290. The molecule has 0 bridgehead atoms. The minimum atomic E-state index is -0.533. The molecule has 3 aromatic carbocycles. The van der Waals surface area contributed by atoms with Crippen molar-refractivity contribution in [3.63, 3.8) is 0 Å². The molecular weight excluding hydrogens is 496 g/mol. The largest absolute Gasteiger partial charge is 0.494 e. The van der Waals surface area contributed by atoms with Gasteiger partial charge in [-0.25, -0.2) is 4.79 Å². The van der Waals surface area contributed by atoms with Gasteiger partial charge in [0.05, 0.1) is 31.3 Å². The van der Waals surface area contributed by atoms with Gasteiger partial charge in [0.25, 0.3) is 0 Å². The normalized spacial score (nSPS) is 14.1. The van der Waals surface area contributed by atoms with Gasteiger partial charge in [-0.3, -0.25) is 0 Å². The molecule has 1 heterocycles. The number of nitrogens with two attached hydrogens (primary N) is 1. The van der Waals surface area contributed by atoms with Gasteiger partial charge >= 0.3 is 5.97 Å². The third-order valence-electron chi connectivity index (χ3n) is 6.01. The van der Waals surface area contributed by atoms with Crippen LogP contribution in [-0.4, -0.2) is 25.8 Å². The van der Waals surface area contributed by atoms with Gasteiger partial charge in [-0.2, -0.15) is 5.26 Å². The third-order valence-corrected chi connectivity index (χ3v) is 6.01. The first-order valence-corrected chi connectivity index (χ1v) is 13.0. The summed E-state index contributed by atoms with van der Waals surface area (Å²) in [6.45, 7) is 7.52. The number of esters is 1. The fourth-order valence-electron chi connectivity index (χ4n) is 4.24. The summed E-state index contributed by atoms with van der Waals surface area (Å²) in [6, 6.07) is 19.7. The summed E-state index contributed by atoms with van der Waals surface area (Å²) in [6.07, 6.45) is 1.73. The summed E-state index contributed by atoms with van der Waals surface area (Å²) < 4.78 is 28.7. The summed E-state index contributed by atoms with van der Waals surface area (Å²) in [7, 11) is 0. The predicted octanol–water partition coefficient (Wildman–Crippen LogP) is 6.10. The average molecular weight is 529 g/mol. The molecule has 0 aliphatic carbocycles. The molecule has 8 heteroatoms. The lowest BCUT2D eigenvalue weighted by molar-refractivity contribution is 0.0734. The van der Waals surface area contributed by atoms with Crippen LogP contribution in [0.5, 0.6) is 28.7 Å². The van der Waals surface area contributed by atoms with Crippen molar-refractivity contribution in [3.8, 4) is 34.8 Å². The van der Waals surface area contributed by atoms with Crippen LogP contribution in [0.4, 0.5) is 0 Å². The Balaban J connectivity index is 1.64. The number of carbonyl (C=O) groups is 1. The Morgan fingerprint density at radius 1 is 0.923 bits per heavy atom. The fourth-order valence-corrected chi connectivity index (χ4v) is 4.24. The second kappa shape index (κ2) is 12.7. The van der Waals surface area contributed by atoms with Gasteiger partial charge in [0, 0.05) is 11.6 Å². The zero-order chi connectivity index (χ0) is 27.8. The van der Waals surface area contributed by atoms with E-state index in [9.17, 15) is 10.1 Å². The first-order chi connectivity index (χ1) is 19.0. The molecule has 0 radical (unpaired) electrons. The number of allylic oxidation sites excluding steroid dienone is 1. The second-order valence-corrected chi connectivity index (χ2v) is 8.88. The van der Waals surface area contributed by atoms with Crippen molar-refractivity contribution in [1.29, 1.82) is 5.26 Å². The molecule has 0 aromatic heterocycles. The van der Waals surface area contributed by atoms with Crippen molar-refractivity contribution in [3.05, 3.63) is 88.8 Å². The molecule has 2 N–H and O–H groups in total. The number of carbonyl (C=O) groups excluding carboxylic acids is 1. The van der Waals surface area contributed by atoms with E-state index in [-0.39, 0.29) is 17.2 Å². The monoisotopic (exact) mass is 528 g/mol. The van der Waals surface area contributed by atoms with Crippen LogP contribution < -0.4 is 29.4 Å². The van der Waals surface area contributed by atoms with Gasteiger partial charge < -0.3 is 29.4 Å². The molecule has 0 fully saturated rings. The minimum Gasteiger partial charge on any atom is -0.494 e. The van der Waals surface area contributed by atoms with Gasteiger partial charge in [0.2, 0.25) is 5.88 Å². The standard InChI is InChI=1S/C31H32N2O6/c1-4-14-36-22-9-7-8-21(16-22)31(34)38-23-11-12-24-27(18-23)39-30(33)25(19-32)29(24)20-10-13-26(37-15-5-2)28(17-20)35-6-3/h7-13,16-18,29H,4-6,14-15,33H2,1-3H3. The Kier molecular flexibility index (Phi) is 8.95. The van der Waals surface area contributed by atoms with E-state index in [4.69, 9.17) is 29.4 Å². The van der Waals surface area contributed by atoms with Gasteiger partial charge in [-0.1, -0.05) is 32.0 Å². The molecule has 0 saturated heterocycles. The summed E-state index contributed by atoms with van der Waals surface area (Å²) in [5, 5.41) is 9.93. The smallest absolute Gasteiger partial charge is 0.343 e. The Labute approximate surface area is 228 Å². The highest BCUT2D eigenvalue weighted by molar-refractivity contribution is 5.91.